The second-order valence-electron chi connectivity index (χ2n) is 4.58. The van der Waals surface area contributed by atoms with Gasteiger partial charge in [0.2, 0.25) is 0 Å². The molecule has 0 amide bonds. The number of nitrogen functional groups attached to an aromatic ring is 1. The van der Waals surface area contributed by atoms with Crippen molar-refractivity contribution >= 4 is 22.7 Å². The highest BCUT2D eigenvalue weighted by molar-refractivity contribution is 7.09. The van der Waals surface area contributed by atoms with Crippen LogP contribution in [0.5, 0.6) is 0 Å². The zero-order valence-electron chi connectivity index (χ0n) is 10.9. The van der Waals surface area contributed by atoms with Crippen LogP contribution in [0.4, 0.5) is 20.2 Å². The average Bonchev–Trinajstić information content (AvgIpc) is 2.80. The summed E-state index contributed by atoms with van der Waals surface area (Å²) in [6.45, 7) is 1.94. The maximum absolute atomic E-state index is 13.8. The third-order valence-corrected chi connectivity index (χ3v) is 4.03. The lowest BCUT2D eigenvalue weighted by molar-refractivity contribution is 0.561. The van der Waals surface area contributed by atoms with Gasteiger partial charge in [-0.15, -0.1) is 11.3 Å². The number of anilines is 2. The summed E-state index contributed by atoms with van der Waals surface area (Å²) in [5.74, 6) is -1.25. The molecule has 19 heavy (non-hydrogen) atoms. The lowest BCUT2D eigenvalue weighted by Gasteiger charge is -2.27. The molecule has 5 heteroatoms. The van der Waals surface area contributed by atoms with Crippen LogP contribution in [0, 0.1) is 11.6 Å². The first-order valence-corrected chi connectivity index (χ1v) is 6.86. The van der Waals surface area contributed by atoms with Crippen LogP contribution in [0.15, 0.2) is 29.6 Å². The number of hydrogen-bond donors (Lipinski definition) is 1. The Morgan fingerprint density at radius 3 is 2.47 bits per heavy atom. The molecule has 2 rings (SSSR count). The zero-order valence-corrected chi connectivity index (χ0v) is 11.7. The van der Waals surface area contributed by atoms with Gasteiger partial charge >= 0.3 is 0 Å². The number of hydrogen-bond acceptors (Lipinski definition) is 3. The standard InChI is InChI=1S/C14H16F2N2S/c1-9(6-11-4-3-5-19-11)18(2)14-12(15)7-10(17)8-13(14)16/h3-5,7-9H,6,17H2,1-2H3. The molecule has 1 aromatic heterocycles. The van der Waals surface area contributed by atoms with Gasteiger partial charge in [0.15, 0.2) is 11.6 Å². The summed E-state index contributed by atoms with van der Waals surface area (Å²) in [7, 11) is 1.69. The Morgan fingerprint density at radius 1 is 1.32 bits per heavy atom. The molecule has 0 radical (unpaired) electrons. The van der Waals surface area contributed by atoms with Crippen molar-refractivity contribution < 1.29 is 8.78 Å². The molecule has 1 atom stereocenters. The zero-order chi connectivity index (χ0) is 14.0. The van der Waals surface area contributed by atoms with E-state index in [1.165, 1.54) is 4.88 Å². The summed E-state index contributed by atoms with van der Waals surface area (Å²) in [5, 5.41) is 1.99. The Balaban J connectivity index is 2.21. The molecule has 0 saturated heterocycles. The van der Waals surface area contributed by atoms with Crippen molar-refractivity contribution in [3.05, 3.63) is 46.2 Å². The first-order valence-electron chi connectivity index (χ1n) is 5.98. The van der Waals surface area contributed by atoms with E-state index < -0.39 is 11.6 Å². The smallest absolute Gasteiger partial charge is 0.151 e. The summed E-state index contributed by atoms with van der Waals surface area (Å²) in [5.41, 5.74) is 5.48. The molecule has 1 unspecified atom stereocenters. The molecule has 0 saturated carbocycles. The minimum Gasteiger partial charge on any atom is -0.399 e. The Labute approximate surface area is 115 Å². The van der Waals surface area contributed by atoms with Crippen LogP contribution in [0.3, 0.4) is 0 Å². The van der Waals surface area contributed by atoms with Crippen molar-refractivity contribution in [2.45, 2.75) is 19.4 Å². The van der Waals surface area contributed by atoms with Gasteiger partial charge < -0.3 is 10.6 Å². The molecule has 0 aliphatic carbocycles. The molecule has 0 aliphatic heterocycles. The summed E-state index contributed by atoms with van der Waals surface area (Å²) >= 11 is 1.64. The van der Waals surface area contributed by atoms with Crippen LogP contribution in [-0.2, 0) is 6.42 Å². The minimum atomic E-state index is -0.627. The molecule has 2 N–H and O–H groups in total. The molecule has 2 aromatic rings. The second kappa shape index (κ2) is 5.57. The fourth-order valence-electron chi connectivity index (χ4n) is 2.00. The lowest BCUT2D eigenvalue weighted by atomic mass is 10.1. The monoisotopic (exact) mass is 282 g/mol. The highest BCUT2D eigenvalue weighted by Crippen LogP contribution is 2.27. The van der Waals surface area contributed by atoms with Crippen LogP contribution in [0.25, 0.3) is 0 Å². The van der Waals surface area contributed by atoms with E-state index in [0.29, 0.717) is 0 Å². The molecule has 0 aliphatic rings. The van der Waals surface area contributed by atoms with Crippen molar-refractivity contribution in [1.29, 1.82) is 0 Å². The highest BCUT2D eigenvalue weighted by Gasteiger charge is 2.19. The van der Waals surface area contributed by atoms with E-state index in [9.17, 15) is 8.78 Å². The molecule has 0 bridgehead atoms. The van der Waals surface area contributed by atoms with Crippen LogP contribution in [0.2, 0.25) is 0 Å². The van der Waals surface area contributed by atoms with Crippen LogP contribution >= 0.6 is 11.3 Å². The van der Waals surface area contributed by atoms with E-state index in [4.69, 9.17) is 5.73 Å². The van der Waals surface area contributed by atoms with Crippen molar-refractivity contribution in [3.63, 3.8) is 0 Å². The first kappa shape index (κ1) is 13.8. The molecule has 2 nitrogen and oxygen atoms in total. The van der Waals surface area contributed by atoms with Crippen LogP contribution < -0.4 is 10.6 Å². The molecule has 0 spiro atoms. The van der Waals surface area contributed by atoms with Gasteiger partial charge in [0, 0.05) is 30.1 Å². The third-order valence-electron chi connectivity index (χ3n) is 3.13. The van der Waals surface area contributed by atoms with Crippen LogP contribution in [0.1, 0.15) is 11.8 Å². The quantitative estimate of drug-likeness (QED) is 0.867. The van der Waals surface area contributed by atoms with E-state index in [1.54, 1.807) is 23.3 Å². The molecule has 102 valence electrons. The number of thiophene rings is 1. The van der Waals surface area contributed by atoms with Crippen molar-refractivity contribution in [1.82, 2.24) is 0 Å². The predicted octanol–water partition coefficient (Wildman–Crippen LogP) is 3.68. The van der Waals surface area contributed by atoms with Gasteiger partial charge in [-0.1, -0.05) is 6.07 Å². The van der Waals surface area contributed by atoms with Gasteiger partial charge in [-0.05, 0) is 30.5 Å². The summed E-state index contributed by atoms with van der Waals surface area (Å²) in [6, 6.07) is 6.27. The average molecular weight is 282 g/mol. The van der Waals surface area contributed by atoms with E-state index in [2.05, 4.69) is 0 Å². The third kappa shape index (κ3) is 3.04. The highest BCUT2D eigenvalue weighted by atomic mass is 32.1. The number of nitrogens with two attached hydrogens (primary N) is 1. The van der Waals surface area contributed by atoms with Gasteiger partial charge in [-0.3, -0.25) is 0 Å². The van der Waals surface area contributed by atoms with Crippen LogP contribution in [-0.4, -0.2) is 13.1 Å². The Bertz CT molecular complexity index is 532. The van der Waals surface area contributed by atoms with E-state index in [0.717, 1.165) is 18.6 Å². The number of nitrogens with zero attached hydrogens (tertiary/aromatic N) is 1. The summed E-state index contributed by atoms with van der Waals surface area (Å²) in [6.07, 6.45) is 0.747. The maximum atomic E-state index is 13.8. The second-order valence-corrected chi connectivity index (χ2v) is 5.61. The SMILES string of the molecule is CC(Cc1cccs1)N(C)c1c(F)cc(N)cc1F. The van der Waals surface area contributed by atoms with Crippen molar-refractivity contribution in [2.75, 3.05) is 17.7 Å². The Hall–Kier alpha value is -1.62. The normalized spacial score (nSPS) is 12.4. The molecular formula is C14H16F2N2S. The van der Waals surface area contributed by atoms with Crippen molar-refractivity contribution in [3.8, 4) is 0 Å². The molecule has 1 aromatic carbocycles. The van der Waals surface area contributed by atoms with Gasteiger partial charge in [0.25, 0.3) is 0 Å². The van der Waals surface area contributed by atoms with E-state index in [1.807, 2.05) is 24.4 Å². The Morgan fingerprint density at radius 2 is 1.95 bits per heavy atom. The predicted molar refractivity (Wildman–Crippen MR) is 76.7 cm³/mol. The van der Waals surface area contributed by atoms with Gasteiger partial charge in [0.05, 0.1) is 0 Å². The van der Waals surface area contributed by atoms with E-state index in [-0.39, 0.29) is 17.4 Å². The van der Waals surface area contributed by atoms with E-state index >= 15 is 0 Å². The van der Waals surface area contributed by atoms with Gasteiger partial charge in [-0.2, -0.15) is 0 Å². The molecule has 0 fully saturated rings. The molecule has 1 heterocycles. The topological polar surface area (TPSA) is 29.3 Å². The lowest BCUT2D eigenvalue weighted by Crippen LogP contribution is -2.32. The summed E-state index contributed by atoms with van der Waals surface area (Å²) in [4.78, 5) is 2.81. The number of rotatable bonds is 4. The fourth-order valence-corrected chi connectivity index (χ4v) is 2.83. The molecular weight excluding hydrogens is 266 g/mol. The Kier molecular flexibility index (Phi) is 4.04. The van der Waals surface area contributed by atoms with Crippen molar-refractivity contribution in [2.24, 2.45) is 0 Å². The van der Waals surface area contributed by atoms with Gasteiger partial charge in [-0.25, -0.2) is 8.78 Å². The largest absolute Gasteiger partial charge is 0.399 e. The summed E-state index contributed by atoms with van der Waals surface area (Å²) < 4.78 is 27.7. The number of halogens is 2. The number of likely N-dealkylation sites (N-methyl/N-ethyl adjacent to an activating group) is 1. The fraction of sp³-hybridized carbons (Fsp3) is 0.286. The number of benzene rings is 1. The maximum Gasteiger partial charge on any atom is 0.151 e. The minimum absolute atomic E-state index is 0.00808. The first-order chi connectivity index (χ1) is 8.99. The van der Waals surface area contributed by atoms with Gasteiger partial charge in [0.1, 0.15) is 5.69 Å².